The Bertz CT molecular complexity index is 1070. The Hall–Kier alpha value is -2.87. The van der Waals surface area contributed by atoms with Crippen LogP contribution in [-0.2, 0) is 11.3 Å². The van der Waals surface area contributed by atoms with E-state index < -0.39 is 0 Å². The summed E-state index contributed by atoms with van der Waals surface area (Å²) in [6.45, 7) is 2.17. The molecule has 3 aliphatic rings. The van der Waals surface area contributed by atoms with Crippen LogP contribution < -0.4 is 5.56 Å². The van der Waals surface area contributed by atoms with E-state index in [1.54, 1.807) is 12.1 Å². The van der Waals surface area contributed by atoms with Gasteiger partial charge in [0, 0.05) is 42.7 Å². The third kappa shape index (κ3) is 3.35. The van der Waals surface area contributed by atoms with Gasteiger partial charge >= 0.3 is 0 Å². The molecule has 0 spiro atoms. The second-order valence-electron chi connectivity index (χ2n) is 9.16. The number of pyridine rings is 1. The summed E-state index contributed by atoms with van der Waals surface area (Å²) in [5.74, 6) is 1.11. The molecule has 0 N–H and O–H groups in total. The third-order valence-electron chi connectivity index (χ3n) is 7.17. The summed E-state index contributed by atoms with van der Waals surface area (Å²) >= 11 is 0. The minimum Gasteiger partial charge on any atom is -0.341 e. The molecule has 1 amide bonds. The first kappa shape index (κ1) is 19.1. The highest BCUT2D eigenvalue weighted by Gasteiger charge is 2.38. The number of fused-ring (bicyclic) bond motifs is 4. The maximum atomic E-state index is 13.3. The zero-order chi connectivity index (χ0) is 20.7. The van der Waals surface area contributed by atoms with Crippen molar-refractivity contribution < 1.29 is 4.79 Å². The second kappa shape index (κ2) is 7.75. The van der Waals surface area contributed by atoms with Crippen LogP contribution >= 0.6 is 0 Å². The smallest absolute Gasteiger partial charge is 0.258 e. The lowest BCUT2D eigenvalue weighted by Gasteiger charge is -2.44. The number of hydrogen-bond donors (Lipinski definition) is 0. The molecule has 30 heavy (non-hydrogen) atoms. The van der Waals surface area contributed by atoms with Crippen LogP contribution in [0.25, 0.3) is 11.1 Å². The molecule has 2 aromatic rings. The average Bonchev–Trinajstić information content (AvgIpc) is 2.80. The standard InChI is InChI=1S/C25H27N3O2/c26-13-17-5-4-8-20(11-17)22-9-10-23-21-12-18(15-28(23)25(22)30)14-27(16-21)24(29)19-6-2-1-3-7-19/h4-5,8-11,18-19,21H,1-3,6-7,12,14-16H2/t18-,21-/m1/s1. The largest absolute Gasteiger partial charge is 0.341 e. The van der Waals surface area contributed by atoms with Gasteiger partial charge in [-0.05, 0) is 55.0 Å². The maximum Gasteiger partial charge on any atom is 0.258 e. The lowest BCUT2D eigenvalue weighted by atomic mass is 9.81. The number of carbonyl (C=O) groups excluding carboxylic acids is 1. The van der Waals surface area contributed by atoms with Gasteiger partial charge in [0.1, 0.15) is 0 Å². The van der Waals surface area contributed by atoms with Gasteiger partial charge < -0.3 is 9.47 Å². The molecule has 154 valence electrons. The number of rotatable bonds is 2. The quantitative estimate of drug-likeness (QED) is 0.766. The molecule has 1 aromatic carbocycles. The van der Waals surface area contributed by atoms with Crippen molar-refractivity contribution in [2.75, 3.05) is 13.1 Å². The van der Waals surface area contributed by atoms with Gasteiger partial charge in [-0.15, -0.1) is 0 Å². The number of carbonyl (C=O) groups is 1. The Kier molecular flexibility index (Phi) is 4.94. The summed E-state index contributed by atoms with van der Waals surface area (Å²) in [6, 6.07) is 13.3. The van der Waals surface area contributed by atoms with Gasteiger partial charge in [0.15, 0.2) is 0 Å². The first-order chi connectivity index (χ1) is 14.6. The van der Waals surface area contributed by atoms with Gasteiger partial charge in [0.05, 0.1) is 11.6 Å². The van der Waals surface area contributed by atoms with Crippen LogP contribution in [0.3, 0.4) is 0 Å². The maximum absolute atomic E-state index is 13.3. The molecule has 2 atom stereocenters. The van der Waals surface area contributed by atoms with E-state index in [2.05, 4.69) is 17.0 Å². The molecule has 2 fully saturated rings. The first-order valence-corrected chi connectivity index (χ1v) is 11.2. The van der Waals surface area contributed by atoms with E-state index >= 15 is 0 Å². The van der Waals surface area contributed by atoms with Crippen molar-refractivity contribution in [1.29, 1.82) is 5.26 Å². The SMILES string of the molecule is N#Cc1cccc(-c2ccc3n(c2=O)C[C@@H]2C[C@@H]3CN(C(=O)C3CCCCC3)C2)c1. The van der Waals surface area contributed by atoms with E-state index in [-0.39, 0.29) is 17.4 Å². The Morgan fingerprint density at radius 3 is 2.67 bits per heavy atom. The van der Waals surface area contributed by atoms with Crippen molar-refractivity contribution in [2.45, 2.75) is 51.0 Å². The normalized spacial score (nSPS) is 23.5. The summed E-state index contributed by atoms with van der Waals surface area (Å²) in [5, 5.41) is 9.18. The number of aromatic nitrogens is 1. The van der Waals surface area contributed by atoms with Crippen molar-refractivity contribution in [3.63, 3.8) is 0 Å². The van der Waals surface area contributed by atoms with E-state index in [9.17, 15) is 14.9 Å². The molecule has 0 unspecified atom stereocenters. The first-order valence-electron chi connectivity index (χ1n) is 11.2. The van der Waals surface area contributed by atoms with Gasteiger partial charge in [-0.3, -0.25) is 9.59 Å². The molecule has 1 saturated heterocycles. The van der Waals surface area contributed by atoms with Crippen molar-refractivity contribution in [2.24, 2.45) is 11.8 Å². The minimum atomic E-state index is 0.0179. The Labute approximate surface area is 176 Å². The van der Waals surface area contributed by atoms with Crippen LogP contribution in [0.2, 0.25) is 0 Å². The molecule has 3 heterocycles. The molecule has 2 aliphatic heterocycles. The highest BCUT2D eigenvalue weighted by atomic mass is 16.2. The van der Waals surface area contributed by atoms with Crippen LogP contribution in [0.1, 0.15) is 55.7 Å². The number of piperidine rings is 1. The molecule has 5 nitrogen and oxygen atoms in total. The lowest BCUT2D eigenvalue weighted by molar-refractivity contribution is -0.139. The number of amides is 1. The predicted octanol–water partition coefficient (Wildman–Crippen LogP) is 3.91. The average molecular weight is 402 g/mol. The van der Waals surface area contributed by atoms with Crippen molar-refractivity contribution in [3.05, 3.63) is 58.0 Å². The molecule has 0 radical (unpaired) electrons. The summed E-state index contributed by atoms with van der Waals surface area (Å²) in [6.07, 6.45) is 6.72. The highest BCUT2D eigenvalue weighted by molar-refractivity contribution is 5.79. The molecular weight excluding hydrogens is 374 g/mol. The van der Waals surface area contributed by atoms with Crippen LogP contribution in [0.5, 0.6) is 0 Å². The summed E-state index contributed by atoms with van der Waals surface area (Å²) < 4.78 is 1.93. The molecular formula is C25H27N3O2. The Morgan fingerprint density at radius 2 is 1.87 bits per heavy atom. The fourth-order valence-corrected chi connectivity index (χ4v) is 5.71. The van der Waals surface area contributed by atoms with E-state index in [1.807, 2.05) is 22.8 Å². The Morgan fingerprint density at radius 1 is 1.03 bits per heavy atom. The van der Waals surface area contributed by atoms with Crippen molar-refractivity contribution in [1.82, 2.24) is 9.47 Å². The number of likely N-dealkylation sites (tertiary alicyclic amines) is 1. The van der Waals surface area contributed by atoms with Crippen molar-refractivity contribution in [3.8, 4) is 17.2 Å². The lowest BCUT2D eigenvalue weighted by Crippen LogP contribution is -2.50. The molecule has 5 heteroatoms. The van der Waals surface area contributed by atoms with Gasteiger partial charge in [-0.2, -0.15) is 5.26 Å². The van der Waals surface area contributed by atoms with Gasteiger partial charge in [-0.1, -0.05) is 31.4 Å². The van der Waals surface area contributed by atoms with E-state index in [4.69, 9.17) is 0 Å². The molecule has 1 saturated carbocycles. The van der Waals surface area contributed by atoms with Gasteiger partial charge in [0.2, 0.25) is 5.91 Å². The summed E-state index contributed by atoms with van der Waals surface area (Å²) in [5.41, 5.74) is 3.07. The minimum absolute atomic E-state index is 0.0179. The predicted molar refractivity (Wildman–Crippen MR) is 115 cm³/mol. The monoisotopic (exact) mass is 401 g/mol. The Balaban J connectivity index is 1.43. The molecule has 1 aliphatic carbocycles. The van der Waals surface area contributed by atoms with Crippen LogP contribution in [0, 0.1) is 23.2 Å². The number of nitrogens with zero attached hydrogens (tertiary/aromatic N) is 3. The summed E-state index contributed by atoms with van der Waals surface area (Å²) in [7, 11) is 0. The zero-order valence-electron chi connectivity index (χ0n) is 17.2. The number of hydrogen-bond acceptors (Lipinski definition) is 3. The van der Waals surface area contributed by atoms with Crippen molar-refractivity contribution >= 4 is 5.91 Å². The topological polar surface area (TPSA) is 66.1 Å². The highest BCUT2D eigenvalue weighted by Crippen LogP contribution is 2.37. The summed E-state index contributed by atoms with van der Waals surface area (Å²) in [4.78, 5) is 28.5. The fourth-order valence-electron chi connectivity index (χ4n) is 5.71. The van der Waals surface area contributed by atoms with Gasteiger partial charge in [-0.25, -0.2) is 0 Å². The third-order valence-corrected chi connectivity index (χ3v) is 7.17. The zero-order valence-corrected chi connectivity index (χ0v) is 17.2. The molecule has 5 rings (SSSR count). The van der Waals surface area contributed by atoms with E-state index in [0.717, 1.165) is 43.6 Å². The van der Waals surface area contributed by atoms with E-state index in [0.29, 0.717) is 29.5 Å². The molecule has 2 bridgehead atoms. The van der Waals surface area contributed by atoms with Gasteiger partial charge in [0.25, 0.3) is 5.56 Å². The number of benzene rings is 1. The molecule has 1 aromatic heterocycles. The fraction of sp³-hybridized carbons (Fsp3) is 0.480. The number of nitriles is 1. The van der Waals surface area contributed by atoms with Crippen LogP contribution in [0.15, 0.2) is 41.2 Å². The second-order valence-corrected chi connectivity index (χ2v) is 9.16. The van der Waals surface area contributed by atoms with E-state index in [1.165, 1.54) is 19.3 Å². The van der Waals surface area contributed by atoms with Crippen LogP contribution in [0.4, 0.5) is 0 Å². The van der Waals surface area contributed by atoms with Crippen LogP contribution in [-0.4, -0.2) is 28.5 Å².